The van der Waals surface area contributed by atoms with Gasteiger partial charge in [-0.1, -0.05) is 12.1 Å². The number of carbonyl (C=O) groups excluding carboxylic acids is 2. The lowest BCUT2D eigenvalue weighted by atomic mass is 10.0. The van der Waals surface area contributed by atoms with Crippen LogP contribution in [-0.2, 0) is 9.53 Å². The topological polar surface area (TPSA) is 79.2 Å². The number of aldehydes is 1. The van der Waals surface area contributed by atoms with E-state index < -0.39 is 17.7 Å². The molecule has 0 aromatic heterocycles. The van der Waals surface area contributed by atoms with Crippen molar-refractivity contribution in [3.63, 3.8) is 0 Å². The highest BCUT2D eigenvalue weighted by molar-refractivity contribution is 5.69. The van der Waals surface area contributed by atoms with Crippen LogP contribution in [0.3, 0.4) is 0 Å². The summed E-state index contributed by atoms with van der Waals surface area (Å²) in [6, 6.07) is 8.29. The Morgan fingerprint density at radius 2 is 2.20 bits per heavy atom. The van der Waals surface area contributed by atoms with Gasteiger partial charge < -0.3 is 14.8 Å². The van der Waals surface area contributed by atoms with E-state index in [1.165, 1.54) is 0 Å². The highest BCUT2D eigenvalue weighted by Gasteiger charge is 2.20. The fourth-order valence-corrected chi connectivity index (χ4v) is 1.65. The molecule has 1 aromatic carbocycles. The van der Waals surface area contributed by atoms with Crippen molar-refractivity contribution in [1.29, 1.82) is 5.26 Å². The highest BCUT2D eigenvalue weighted by Crippen LogP contribution is 2.18. The van der Waals surface area contributed by atoms with E-state index in [9.17, 15) is 9.59 Å². The maximum Gasteiger partial charge on any atom is 0.408 e. The van der Waals surface area contributed by atoms with E-state index in [0.29, 0.717) is 11.1 Å². The van der Waals surface area contributed by atoms with Gasteiger partial charge in [-0.15, -0.1) is 0 Å². The Bertz CT molecular complexity index is 527. The first-order valence-electron chi connectivity index (χ1n) is 6.29. The molecular weight excluding hydrogens is 256 g/mol. The van der Waals surface area contributed by atoms with Crippen LogP contribution >= 0.6 is 0 Å². The van der Waals surface area contributed by atoms with Crippen LogP contribution in [0.5, 0.6) is 0 Å². The minimum absolute atomic E-state index is 0.119. The molecule has 106 valence electrons. The molecule has 1 aromatic rings. The smallest absolute Gasteiger partial charge is 0.408 e. The zero-order valence-corrected chi connectivity index (χ0v) is 11.8. The molecule has 0 aliphatic heterocycles. The van der Waals surface area contributed by atoms with Crippen LogP contribution in [-0.4, -0.2) is 18.0 Å². The number of rotatable bonds is 4. The lowest BCUT2D eigenvalue weighted by molar-refractivity contribution is -0.108. The van der Waals surface area contributed by atoms with Crippen molar-refractivity contribution in [2.75, 3.05) is 0 Å². The third-order valence-electron chi connectivity index (χ3n) is 2.44. The summed E-state index contributed by atoms with van der Waals surface area (Å²) in [6.07, 6.45) is 0.251. The van der Waals surface area contributed by atoms with E-state index in [2.05, 4.69) is 5.32 Å². The Labute approximate surface area is 118 Å². The first-order chi connectivity index (χ1) is 9.35. The van der Waals surface area contributed by atoms with Crippen LogP contribution in [0.1, 0.15) is 44.4 Å². The van der Waals surface area contributed by atoms with Gasteiger partial charge in [0, 0.05) is 6.42 Å². The highest BCUT2D eigenvalue weighted by atomic mass is 16.6. The van der Waals surface area contributed by atoms with Crippen molar-refractivity contribution in [1.82, 2.24) is 5.32 Å². The molecule has 0 unspecified atom stereocenters. The Morgan fingerprint density at radius 1 is 1.50 bits per heavy atom. The number of hydrogen-bond acceptors (Lipinski definition) is 4. The fraction of sp³-hybridized carbons (Fsp3) is 0.400. The minimum atomic E-state index is -0.607. The molecule has 0 fully saturated rings. The van der Waals surface area contributed by atoms with Gasteiger partial charge in [0.1, 0.15) is 11.9 Å². The van der Waals surface area contributed by atoms with E-state index in [-0.39, 0.29) is 6.42 Å². The molecule has 20 heavy (non-hydrogen) atoms. The van der Waals surface area contributed by atoms with E-state index in [0.717, 1.165) is 6.29 Å². The maximum atomic E-state index is 11.8. The molecular formula is C15H18N2O3. The van der Waals surface area contributed by atoms with Gasteiger partial charge in [0.15, 0.2) is 0 Å². The zero-order chi connectivity index (χ0) is 15.2. The molecule has 0 saturated carbocycles. The predicted octanol–water partition coefficient (Wildman–Crippen LogP) is 2.71. The van der Waals surface area contributed by atoms with Crippen molar-refractivity contribution in [3.8, 4) is 6.07 Å². The quantitative estimate of drug-likeness (QED) is 0.856. The van der Waals surface area contributed by atoms with Gasteiger partial charge >= 0.3 is 6.09 Å². The molecule has 0 spiro atoms. The van der Waals surface area contributed by atoms with Crippen molar-refractivity contribution in [2.24, 2.45) is 0 Å². The van der Waals surface area contributed by atoms with Crippen LogP contribution < -0.4 is 5.32 Å². The molecule has 0 bridgehead atoms. The molecule has 1 N–H and O–H groups in total. The number of nitrogens with one attached hydrogen (secondary N) is 1. The van der Waals surface area contributed by atoms with Crippen molar-refractivity contribution < 1.29 is 14.3 Å². The third-order valence-corrected chi connectivity index (χ3v) is 2.44. The molecule has 0 radical (unpaired) electrons. The summed E-state index contributed by atoms with van der Waals surface area (Å²) >= 11 is 0. The Hall–Kier alpha value is -2.35. The van der Waals surface area contributed by atoms with E-state index in [4.69, 9.17) is 10.00 Å². The van der Waals surface area contributed by atoms with Crippen LogP contribution in [0, 0.1) is 11.3 Å². The summed E-state index contributed by atoms with van der Waals surface area (Å²) in [4.78, 5) is 22.5. The number of nitriles is 1. The summed E-state index contributed by atoms with van der Waals surface area (Å²) in [7, 11) is 0. The molecule has 0 heterocycles. The van der Waals surface area contributed by atoms with Crippen molar-refractivity contribution in [2.45, 2.75) is 38.8 Å². The van der Waals surface area contributed by atoms with Crippen molar-refractivity contribution in [3.05, 3.63) is 35.4 Å². The molecule has 5 heteroatoms. The third kappa shape index (κ3) is 5.11. The number of hydrogen-bond donors (Lipinski definition) is 1. The van der Waals surface area contributed by atoms with Gasteiger partial charge in [-0.2, -0.15) is 5.26 Å². The lowest BCUT2D eigenvalue weighted by Crippen LogP contribution is -2.35. The second kappa shape index (κ2) is 6.71. The van der Waals surface area contributed by atoms with E-state index in [1.807, 2.05) is 6.07 Å². The zero-order valence-electron chi connectivity index (χ0n) is 11.8. The minimum Gasteiger partial charge on any atom is -0.444 e. The van der Waals surface area contributed by atoms with Gasteiger partial charge in [0.25, 0.3) is 0 Å². The summed E-state index contributed by atoms with van der Waals surface area (Å²) < 4.78 is 5.16. The molecule has 0 saturated heterocycles. The molecule has 1 atom stereocenters. The van der Waals surface area contributed by atoms with E-state index in [1.54, 1.807) is 45.0 Å². The second-order valence-corrected chi connectivity index (χ2v) is 5.34. The van der Waals surface area contributed by atoms with Gasteiger partial charge in [0.2, 0.25) is 0 Å². The first-order valence-corrected chi connectivity index (χ1v) is 6.29. The molecule has 1 amide bonds. The summed E-state index contributed by atoms with van der Waals surface area (Å²) in [6.45, 7) is 5.28. The van der Waals surface area contributed by atoms with Crippen LogP contribution in [0.15, 0.2) is 24.3 Å². The van der Waals surface area contributed by atoms with Gasteiger partial charge in [-0.25, -0.2) is 4.79 Å². The predicted molar refractivity (Wildman–Crippen MR) is 73.9 cm³/mol. The Morgan fingerprint density at radius 3 is 2.75 bits per heavy atom. The summed E-state index contributed by atoms with van der Waals surface area (Å²) in [5, 5.41) is 11.5. The standard InChI is InChI=1S/C15H18N2O3/c1-15(2,3)20-14(19)17-13(7-8-18)12-6-4-5-11(9-12)10-16/h4-6,8-9,13H,7H2,1-3H3,(H,17,19)/t13-/m0/s1. The molecule has 5 nitrogen and oxygen atoms in total. The van der Waals surface area contributed by atoms with Gasteiger partial charge in [0.05, 0.1) is 17.7 Å². The number of ether oxygens (including phenoxy) is 1. The normalized spacial score (nSPS) is 12.1. The maximum absolute atomic E-state index is 11.8. The van der Waals surface area contributed by atoms with E-state index >= 15 is 0 Å². The molecule has 0 aliphatic rings. The lowest BCUT2D eigenvalue weighted by Gasteiger charge is -2.23. The molecule has 1 rings (SSSR count). The monoisotopic (exact) mass is 274 g/mol. The van der Waals surface area contributed by atoms with Crippen LogP contribution in [0.2, 0.25) is 0 Å². The van der Waals surface area contributed by atoms with Crippen LogP contribution in [0.25, 0.3) is 0 Å². The van der Waals surface area contributed by atoms with Gasteiger partial charge in [-0.05, 0) is 38.5 Å². The van der Waals surface area contributed by atoms with Gasteiger partial charge in [-0.3, -0.25) is 0 Å². The van der Waals surface area contributed by atoms with Crippen molar-refractivity contribution >= 4 is 12.4 Å². The number of nitrogens with zero attached hydrogens (tertiary/aromatic N) is 1. The summed E-state index contributed by atoms with van der Waals surface area (Å²) in [5.41, 5.74) is 0.566. The Kier molecular flexibility index (Phi) is 5.27. The van der Waals surface area contributed by atoms with Crippen LogP contribution in [0.4, 0.5) is 4.79 Å². The number of carbonyl (C=O) groups is 2. The number of alkyl carbamates (subject to hydrolysis) is 1. The number of benzene rings is 1. The second-order valence-electron chi connectivity index (χ2n) is 5.34. The Balaban J connectivity index is 2.86. The average molecular weight is 274 g/mol. The first kappa shape index (κ1) is 15.7. The average Bonchev–Trinajstić information content (AvgIpc) is 2.36. The fourth-order valence-electron chi connectivity index (χ4n) is 1.65. The number of amides is 1. The SMILES string of the molecule is CC(C)(C)OC(=O)N[C@@H](CC=O)c1cccc(C#N)c1. The molecule has 0 aliphatic carbocycles. The largest absolute Gasteiger partial charge is 0.444 e. The summed E-state index contributed by atoms with van der Waals surface area (Å²) in [5.74, 6) is 0.